The molecule has 4 aromatic carbocycles. The summed E-state index contributed by atoms with van der Waals surface area (Å²) in [4.78, 5) is 4.22. The van der Waals surface area contributed by atoms with Crippen LogP contribution in [0.5, 0.6) is 0 Å². The summed E-state index contributed by atoms with van der Waals surface area (Å²) in [6, 6.07) is 46.9. The molecule has 5 rings (SSSR count). The first-order valence-electron chi connectivity index (χ1n) is 11.1. The Bertz CT molecular complexity index is 1220. The fourth-order valence-electron chi connectivity index (χ4n) is 3.35. The average molecular weight is 604 g/mol. The van der Waals surface area contributed by atoms with E-state index < -0.39 is 5.89 Å². The maximum absolute atomic E-state index is 8.74. The zero-order valence-electron chi connectivity index (χ0n) is 19.3. The summed E-state index contributed by atoms with van der Waals surface area (Å²) in [6.07, 6.45) is 1.79. The van der Waals surface area contributed by atoms with Gasteiger partial charge in [-0.05, 0) is 23.2 Å². The second-order valence-corrected chi connectivity index (χ2v) is 7.25. The van der Waals surface area contributed by atoms with Crippen LogP contribution in [0.3, 0.4) is 0 Å². The molecule has 162 valence electrons. The first kappa shape index (κ1) is 22.9. The van der Waals surface area contributed by atoms with Crippen LogP contribution < -0.4 is 0 Å². The van der Waals surface area contributed by atoms with E-state index in [1.165, 1.54) is 0 Å². The van der Waals surface area contributed by atoms with E-state index in [4.69, 9.17) is 1.37 Å². The molecule has 1 heterocycles. The molecule has 0 amide bonds. The van der Waals surface area contributed by atoms with Crippen LogP contribution in [0.25, 0.3) is 22.4 Å². The van der Waals surface area contributed by atoms with E-state index in [9.17, 15) is 0 Å². The molecule has 1 aromatic heterocycles. The number of aromatic nitrogens is 1. The Morgan fingerprint density at radius 3 is 1.91 bits per heavy atom. The van der Waals surface area contributed by atoms with E-state index in [1.54, 1.807) is 6.20 Å². The van der Waals surface area contributed by atoms with Gasteiger partial charge in [0.15, 0.2) is 0 Å². The summed E-state index contributed by atoms with van der Waals surface area (Å²) in [6.45, 7) is 1.93. The fraction of sp³-hybridized carbons (Fsp3) is 0.0645. The van der Waals surface area contributed by atoms with Crippen LogP contribution in [0.2, 0.25) is 0 Å². The summed E-state index contributed by atoms with van der Waals surface area (Å²) in [7, 11) is 0. The molecular formula is C31H24IrN. The van der Waals surface area contributed by atoms with Crippen LogP contribution in [0.4, 0.5) is 0 Å². The predicted molar refractivity (Wildman–Crippen MR) is 132 cm³/mol. The normalized spacial score (nSPS) is 12.2. The van der Waals surface area contributed by atoms with Crippen molar-refractivity contribution in [2.45, 2.75) is 12.8 Å². The molecule has 5 aromatic rings. The van der Waals surface area contributed by atoms with Crippen molar-refractivity contribution < 1.29 is 21.5 Å². The van der Waals surface area contributed by atoms with Crippen LogP contribution >= 0.6 is 0 Å². The second-order valence-electron chi connectivity index (χ2n) is 7.25. The molecule has 33 heavy (non-hydrogen) atoms. The molecule has 0 aliphatic carbocycles. The molecule has 0 spiro atoms. The van der Waals surface area contributed by atoms with Gasteiger partial charge < -0.3 is 4.98 Å². The van der Waals surface area contributed by atoms with Crippen molar-refractivity contribution in [2.24, 2.45) is 0 Å². The van der Waals surface area contributed by atoms with Crippen LogP contribution in [-0.2, 0) is 20.1 Å². The Morgan fingerprint density at radius 2 is 1.27 bits per heavy atom. The average Bonchev–Trinajstić information content (AvgIpc) is 2.91. The third-order valence-corrected chi connectivity index (χ3v) is 5.09. The molecule has 0 fully saturated rings. The van der Waals surface area contributed by atoms with E-state index in [0.29, 0.717) is 0 Å². The summed E-state index contributed by atoms with van der Waals surface area (Å²) >= 11 is 0. The first-order chi connectivity index (χ1) is 16.1. The Kier molecular flexibility index (Phi) is 8.76. The molecule has 0 saturated heterocycles. The summed E-state index contributed by atoms with van der Waals surface area (Å²) in [5.41, 5.74) is 5.93. The molecule has 0 radical (unpaired) electrons. The zero-order chi connectivity index (χ0) is 22.9. The van der Waals surface area contributed by atoms with Gasteiger partial charge in [0.1, 0.15) is 0 Å². The minimum atomic E-state index is -0.778. The number of benzene rings is 4. The van der Waals surface area contributed by atoms with Crippen molar-refractivity contribution >= 4 is 0 Å². The Balaban J connectivity index is 0.000000212. The van der Waals surface area contributed by atoms with Gasteiger partial charge in [-0.3, -0.25) is 0 Å². The monoisotopic (exact) mass is 604 g/mol. The fourth-order valence-corrected chi connectivity index (χ4v) is 3.35. The van der Waals surface area contributed by atoms with Crippen LogP contribution in [0.15, 0.2) is 121 Å². The van der Waals surface area contributed by atoms with Crippen molar-refractivity contribution in [3.63, 3.8) is 0 Å². The largest absolute Gasteiger partial charge is 3.00 e. The minimum absolute atomic E-state index is 0. The first-order valence-corrected chi connectivity index (χ1v) is 10.6. The Labute approximate surface area is 211 Å². The smallest absolute Gasteiger partial charge is 0.305 e. The van der Waals surface area contributed by atoms with Crippen LogP contribution in [-0.4, -0.2) is 4.98 Å². The molecular weight excluding hydrogens is 579 g/mol. The van der Waals surface area contributed by atoms with Crippen LogP contribution in [0, 0.1) is 18.2 Å². The minimum Gasteiger partial charge on any atom is -0.305 e. The quantitative estimate of drug-likeness (QED) is 0.192. The SMILES string of the molecule is [2H]C(C)(c1ccccc1)c1cc[c-]c(-c2[c-]cccc2)c1.[Ir+3].[c-]1ccccc1-c1ccccn1. The van der Waals surface area contributed by atoms with Gasteiger partial charge in [-0.25, -0.2) is 11.1 Å². The maximum atomic E-state index is 8.74. The number of rotatable bonds is 4. The van der Waals surface area contributed by atoms with Crippen molar-refractivity contribution in [1.29, 1.82) is 0 Å². The number of hydrogen-bond donors (Lipinski definition) is 0. The molecule has 0 saturated carbocycles. The van der Waals surface area contributed by atoms with E-state index in [1.807, 2.05) is 122 Å². The van der Waals surface area contributed by atoms with Gasteiger partial charge in [-0.2, -0.15) is 42.5 Å². The van der Waals surface area contributed by atoms with E-state index in [0.717, 1.165) is 33.5 Å². The van der Waals surface area contributed by atoms with Gasteiger partial charge in [-0.1, -0.05) is 49.4 Å². The summed E-state index contributed by atoms with van der Waals surface area (Å²) in [5, 5.41) is 0. The topological polar surface area (TPSA) is 12.9 Å². The number of hydrogen-bond acceptors (Lipinski definition) is 1. The van der Waals surface area contributed by atoms with Gasteiger partial charge in [0, 0.05) is 7.57 Å². The molecule has 1 nitrogen and oxygen atoms in total. The third-order valence-electron chi connectivity index (χ3n) is 5.09. The van der Waals surface area contributed by atoms with Gasteiger partial charge in [0.05, 0.1) is 0 Å². The maximum Gasteiger partial charge on any atom is 3.00 e. The number of pyridine rings is 1. The van der Waals surface area contributed by atoms with Gasteiger partial charge in [0.25, 0.3) is 0 Å². The molecule has 0 aliphatic heterocycles. The van der Waals surface area contributed by atoms with Gasteiger partial charge in [-0.15, -0.1) is 53.6 Å². The molecule has 0 bridgehead atoms. The predicted octanol–water partition coefficient (Wildman–Crippen LogP) is 7.65. The van der Waals surface area contributed by atoms with E-state index in [-0.39, 0.29) is 20.1 Å². The van der Waals surface area contributed by atoms with Gasteiger partial charge in [0.2, 0.25) is 0 Å². The summed E-state index contributed by atoms with van der Waals surface area (Å²) in [5.74, 6) is -0.778. The van der Waals surface area contributed by atoms with E-state index >= 15 is 0 Å². The molecule has 0 aliphatic rings. The van der Waals surface area contributed by atoms with Crippen LogP contribution in [0.1, 0.15) is 25.3 Å². The van der Waals surface area contributed by atoms with Gasteiger partial charge >= 0.3 is 20.1 Å². The third kappa shape index (κ3) is 6.83. The Hall–Kier alpha value is -3.32. The zero-order valence-corrected chi connectivity index (χ0v) is 20.7. The standard InChI is InChI=1S/C20H16.C11H8N.Ir/c1-16(17-9-4-2-5-10-17)19-13-8-14-20(15-19)18-11-6-3-7-12-18;1-2-6-10(7-3-1)11-8-4-5-9-12-11;/h2-11,13,15-16H,1H3;1-6,8-9H;/q-2;-1;+3/i16D;;. The second kappa shape index (κ2) is 12.6. The van der Waals surface area contributed by atoms with Crippen molar-refractivity contribution in [1.82, 2.24) is 4.98 Å². The Morgan fingerprint density at radius 1 is 0.636 bits per heavy atom. The van der Waals surface area contributed by atoms with Crippen molar-refractivity contribution in [2.75, 3.05) is 0 Å². The molecule has 2 heteroatoms. The van der Waals surface area contributed by atoms with Crippen molar-refractivity contribution in [3.05, 3.63) is 151 Å². The molecule has 1 atom stereocenters. The van der Waals surface area contributed by atoms with Crippen molar-refractivity contribution in [3.8, 4) is 22.4 Å². The summed E-state index contributed by atoms with van der Waals surface area (Å²) < 4.78 is 8.74. The number of nitrogens with zero attached hydrogens (tertiary/aromatic N) is 1. The molecule has 1 unspecified atom stereocenters. The van der Waals surface area contributed by atoms with E-state index in [2.05, 4.69) is 23.2 Å². The molecule has 0 N–H and O–H groups in total.